The van der Waals surface area contributed by atoms with Crippen molar-refractivity contribution in [3.8, 4) is 0 Å². The number of carboxylic acid groups (broad SMARTS) is 1. The van der Waals surface area contributed by atoms with Crippen LogP contribution >= 0.6 is 0 Å². The second-order valence-electron chi connectivity index (χ2n) is 5.86. The van der Waals surface area contributed by atoms with Gasteiger partial charge in [0.1, 0.15) is 5.82 Å². The molecular weight excluding hydrogens is 292 g/mol. The summed E-state index contributed by atoms with van der Waals surface area (Å²) in [5, 5.41) is 12.1. The van der Waals surface area contributed by atoms with E-state index < -0.39 is 5.97 Å². The second-order valence-corrected chi connectivity index (χ2v) is 5.86. The molecule has 2 heterocycles. The van der Waals surface area contributed by atoms with Crippen LogP contribution in [0.5, 0.6) is 0 Å². The monoisotopic (exact) mass is 312 g/mol. The van der Waals surface area contributed by atoms with E-state index in [4.69, 9.17) is 5.11 Å². The first-order valence-corrected chi connectivity index (χ1v) is 7.73. The van der Waals surface area contributed by atoms with E-state index in [-0.39, 0.29) is 5.69 Å². The van der Waals surface area contributed by atoms with E-state index in [1.807, 2.05) is 0 Å². The Kier molecular flexibility index (Phi) is 4.41. The van der Waals surface area contributed by atoms with Crippen molar-refractivity contribution in [2.24, 2.45) is 5.92 Å². The molecule has 1 unspecified atom stereocenters. The van der Waals surface area contributed by atoms with Gasteiger partial charge in [-0.25, -0.2) is 14.8 Å². The predicted molar refractivity (Wildman–Crippen MR) is 89.0 cm³/mol. The minimum Gasteiger partial charge on any atom is -0.476 e. The summed E-state index contributed by atoms with van der Waals surface area (Å²) in [4.78, 5) is 21.1. The number of carboxylic acids is 1. The van der Waals surface area contributed by atoms with Gasteiger partial charge in [-0.2, -0.15) is 0 Å². The molecule has 0 amide bonds. The van der Waals surface area contributed by atoms with Crippen LogP contribution in [0.25, 0.3) is 0 Å². The molecule has 23 heavy (non-hydrogen) atoms. The Morgan fingerprint density at radius 2 is 2.17 bits per heavy atom. The lowest BCUT2D eigenvalue weighted by molar-refractivity contribution is 0.0690. The predicted octanol–water partition coefficient (Wildman–Crippen LogP) is 2.42. The van der Waals surface area contributed by atoms with Crippen LogP contribution in [0.15, 0.2) is 36.7 Å². The van der Waals surface area contributed by atoms with Crippen LogP contribution in [0.2, 0.25) is 0 Å². The van der Waals surface area contributed by atoms with Crippen molar-refractivity contribution in [3.63, 3.8) is 0 Å². The largest absolute Gasteiger partial charge is 0.476 e. The number of aromatic nitrogens is 2. The Morgan fingerprint density at radius 1 is 1.35 bits per heavy atom. The van der Waals surface area contributed by atoms with E-state index in [0.29, 0.717) is 11.7 Å². The van der Waals surface area contributed by atoms with Crippen molar-refractivity contribution in [1.29, 1.82) is 0 Å². The molecule has 120 valence electrons. The van der Waals surface area contributed by atoms with Crippen LogP contribution in [-0.4, -0.2) is 40.7 Å². The Labute approximate surface area is 135 Å². The van der Waals surface area contributed by atoms with Crippen LogP contribution in [0, 0.1) is 12.8 Å². The normalized spacial score (nSPS) is 17.3. The molecule has 1 fully saturated rings. The van der Waals surface area contributed by atoms with Crippen LogP contribution in [0.3, 0.4) is 0 Å². The molecular formula is C17H20N4O2. The molecule has 2 aromatic rings. The highest BCUT2D eigenvalue weighted by Gasteiger charge is 2.23. The maximum atomic E-state index is 10.7. The maximum absolute atomic E-state index is 10.7. The number of para-hydroxylation sites is 1. The van der Waals surface area contributed by atoms with Gasteiger partial charge in [-0.3, -0.25) is 0 Å². The lowest BCUT2D eigenvalue weighted by Gasteiger charge is -2.21. The van der Waals surface area contributed by atoms with Gasteiger partial charge in [-0.1, -0.05) is 18.2 Å². The van der Waals surface area contributed by atoms with Crippen molar-refractivity contribution in [3.05, 3.63) is 47.9 Å². The van der Waals surface area contributed by atoms with Gasteiger partial charge in [-0.05, 0) is 30.9 Å². The number of anilines is 2. The first-order valence-electron chi connectivity index (χ1n) is 7.73. The SMILES string of the molecule is Cc1ccccc1N1CCC(CNc2cnc(C(=O)O)cn2)C1. The zero-order valence-electron chi connectivity index (χ0n) is 13.1. The number of aromatic carboxylic acids is 1. The van der Waals surface area contributed by atoms with Crippen molar-refractivity contribution in [2.45, 2.75) is 13.3 Å². The summed E-state index contributed by atoms with van der Waals surface area (Å²) in [6, 6.07) is 8.45. The average molecular weight is 312 g/mol. The first kappa shape index (κ1) is 15.3. The fourth-order valence-electron chi connectivity index (χ4n) is 2.91. The molecule has 0 radical (unpaired) electrons. The topological polar surface area (TPSA) is 78.4 Å². The Morgan fingerprint density at radius 3 is 2.87 bits per heavy atom. The van der Waals surface area contributed by atoms with Crippen LogP contribution in [0.4, 0.5) is 11.5 Å². The van der Waals surface area contributed by atoms with Gasteiger partial charge in [0, 0.05) is 25.3 Å². The summed E-state index contributed by atoms with van der Waals surface area (Å²) in [6.07, 6.45) is 3.87. The Balaban J connectivity index is 1.54. The molecule has 1 saturated heterocycles. The summed E-state index contributed by atoms with van der Waals surface area (Å²) in [6.45, 7) is 5.02. The van der Waals surface area contributed by atoms with E-state index >= 15 is 0 Å². The lowest BCUT2D eigenvalue weighted by Crippen LogP contribution is -2.23. The zero-order valence-corrected chi connectivity index (χ0v) is 13.1. The van der Waals surface area contributed by atoms with Crippen molar-refractivity contribution in [1.82, 2.24) is 9.97 Å². The third-order valence-electron chi connectivity index (χ3n) is 4.18. The third-order valence-corrected chi connectivity index (χ3v) is 4.18. The first-order chi connectivity index (χ1) is 11.1. The highest BCUT2D eigenvalue weighted by atomic mass is 16.4. The van der Waals surface area contributed by atoms with Crippen molar-refractivity contribution >= 4 is 17.5 Å². The van der Waals surface area contributed by atoms with Crippen molar-refractivity contribution < 1.29 is 9.90 Å². The number of nitrogens with zero attached hydrogens (tertiary/aromatic N) is 3. The Hall–Kier alpha value is -2.63. The molecule has 1 aromatic carbocycles. The molecule has 0 aliphatic carbocycles. The molecule has 1 aliphatic rings. The van der Waals surface area contributed by atoms with E-state index in [1.54, 1.807) is 0 Å². The Bertz CT molecular complexity index is 687. The highest BCUT2D eigenvalue weighted by Crippen LogP contribution is 2.26. The van der Waals surface area contributed by atoms with Gasteiger partial charge in [0.25, 0.3) is 0 Å². The van der Waals surface area contributed by atoms with Crippen LogP contribution in [0.1, 0.15) is 22.5 Å². The van der Waals surface area contributed by atoms with Crippen molar-refractivity contribution in [2.75, 3.05) is 29.9 Å². The van der Waals surface area contributed by atoms with Gasteiger partial charge in [0.15, 0.2) is 5.69 Å². The van der Waals surface area contributed by atoms with E-state index in [0.717, 1.165) is 26.1 Å². The molecule has 0 saturated carbocycles. The molecule has 2 N–H and O–H groups in total. The van der Waals surface area contributed by atoms with E-state index in [2.05, 4.69) is 51.4 Å². The third kappa shape index (κ3) is 3.59. The summed E-state index contributed by atoms with van der Waals surface area (Å²) >= 11 is 0. The van der Waals surface area contributed by atoms with Gasteiger partial charge in [-0.15, -0.1) is 0 Å². The lowest BCUT2D eigenvalue weighted by atomic mass is 10.1. The van der Waals surface area contributed by atoms with Crippen LogP contribution in [-0.2, 0) is 0 Å². The van der Waals surface area contributed by atoms with Gasteiger partial charge in [0.2, 0.25) is 0 Å². The number of benzene rings is 1. The number of aryl methyl sites for hydroxylation is 1. The fourth-order valence-corrected chi connectivity index (χ4v) is 2.91. The minimum absolute atomic E-state index is 0.0397. The highest BCUT2D eigenvalue weighted by molar-refractivity contribution is 5.84. The van der Waals surface area contributed by atoms with Gasteiger partial charge < -0.3 is 15.3 Å². The van der Waals surface area contributed by atoms with Gasteiger partial charge in [0.05, 0.1) is 12.4 Å². The standard InChI is InChI=1S/C17H20N4O2/c1-12-4-2-3-5-15(12)21-7-6-13(11-21)8-19-16-10-18-14(9-20-16)17(22)23/h2-5,9-10,13H,6-8,11H2,1H3,(H,19,20)(H,22,23). The molecule has 0 spiro atoms. The smallest absolute Gasteiger partial charge is 0.356 e. The summed E-state index contributed by atoms with van der Waals surface area (Å²) in [5.41, 5.74) is 2.57. The molecule has 0 bridgehead atoms. The molecule has 1 atom stereocenters. The average Bonchev–Trinajstić information content (AvgIpc) is 3.02. The zero-order chi connectivity index (χ0) is 16.2. The minimum atomic E-state index is -1.06. The number of carbonyl (C=O) groups is 1. The van der Waals surface area contributed by atoms with Crippen LogP contribution < -0.4 is 10.2 Å². The molecule has 6 heteroatoms. The molecule has 1 aliphatic heterocycles. The maximum Gasteiger partial charge on any atom is 0.356 e. The molecule has 6 nitrogen and oxygen atoms in total. The van der Waals surface area contributed by atoms with E-state index in [9.17, 15) is 4.79 Å². The summed E-state index contributed by atoms with van der Waals surface area (Å²) in [7, 11) is 0. The molecule has 3 rings (SSSR count). The van der Waals surface area contributed by atoms with E-state index in [1.165, 1.54) is 23.6 Å². The number of hydrogen-bond acceptors (Lipinski definition) is 5. The fraction of sp³-hybridized carbons (Fsp3) is 0.353. The molecule has 1 aromatic heterocycles. The summed E-state index contributed by atoms with van der Waals surface area (Å²) < 4.78 is 0. The number of nitrogens with one attached hydrogen (secondary N) is 1. The number of hydrogen-bond donors (Lipinski definition) is 2. The second kappa shape index (κ2) is 6.64. The van der Waals surface area contributed by atoms with Gasteiger partial charge >= 0.3 is 5.97 Å². The number of rotatable bonds is 5. The quantitative estimate of drug-likeness (QED) is 0.883. The summed E-state index contributed by atoms with van der Waals surface area (Å²) in [5.74, 6) is 0.0913.